The highest BCUT2D eigenvalue weighted by Gasteiger charge is 2.09. The summed E-state index contributed by atoms with van der Waals surface area (Å²) >= 11 is 0. The van der Waals surface area contributed by atoms with Crippen LogP contribution in [0.3, 0.4) is 0 Å². The van der Waals surface area contributed by atoms with Gasteiger partial charge in [-0.05, 0) is 25.8 Å². The van der Waals surface area contributed by atoms with Crippen LogP contribution in [0.15, 0.2) is 0 Å². The quantitative estimate of drug-likeness (QED) is 0.375. The molecule has 0 radical (unpaired) electrons. The first kappa shape index (κ1) is 18.2. The molecule has 0 fully saturated rings. The molecule has 7 nitrogen and oxygen atoms in total. The monoisotopic (exact) mass is 249 g/mol. The number of rotatable bonds is 7. The molecule has 102 valence electrons. The van der Waals surface area contributed by atoms with E-state index in [4.69, 9.17) is 27.4 Å². The van der Waals surface area contributed by atoms with E-state index in [1.165, 1.54) is 0 Å². The second-order valence-electron chi connectivity index (χ2n) is 3.58. The molecule has 0 spiro atoms. The Labute approximate surface area is 101 Å². The van der Waals surface area contributed by atoms with E-state index in [0.29, 0.717) is 19.4 Å². The lowest BCUT2D eigenvalue weighted by molar-refractivity contribution is -0.139. The van der Waals surface area contributed by atoms with Gasteiger partial charge in [-0.25, -0.2) is 0 Å². The first-order chi connectivity index (χ1) is 7.86. The summed E-state index contributed by atoms with van der Waals surface area (Å²) in [5, 5.41) is 16.4. The fourth-order valence-corrected chi connectivity index (χ4v) is 0.807. The van der Waals surface area contributed by atoms with Crippen molar-refractivity contribution < 1.29 is 19.8 Å². The number of hydrogen-bond donors (Lipinski definition) is 5. The molecule has 7 heteroatoms. The van der Waals surface area contributed by atoms with E-state index in [-0.39, 0.29) is 0 Å². The lowest BCUT2D eigenvalue weighted by atomic mass is 10.1. The summed E-state index contributed by atoms with van der Waals surface area (Å²) in [7, 11) is 0. The van der Waals surface area contributed by atoms with E-state index in [1.54, 1.807) is 6.92 Å². The number of carbonyl (C=O) groups is 2. The van der Waals surface area contributed by atoms with E-state index >= 15 is 0 Å². The van der Waals surface area contributed by atoms with Crippen molar-refractivity contribution in [2.24, 2.45) is 17.2 Å². The van der Waals surface area contributed by atoms with Gasteiger partial charge in [0, 0.05) is 0 Å². The highest BCUT2D eigenvalue weighted by atomic mass is 16.4. The van der Waals surface area contributed by atoms with Gasteiger partial charge in [0.1, 0.15) is 12.1 Å². The average Bonchev–Trinajstić information content (AvgIpc) is 2.28. The second-order valence-corrected chi connectivity index (χ2v) is 3.58. The molecule has 0 aromatic heterocycles. The standard InChI is InChI=1S/C6H14N2O2.C4H9NO2/c7-4-2-1-3-5(8)6(9)10;1-2-3(5)4(6)7/h5H,1-4,7-8H2,(H,9,10);3H,2,5H2,1H3,(H,6,7). The van der Waals surface area contributed by atoms with Crippen LogP contribution in [-0.4, -0.2) is 40.8 Å². The maximum atomic E-state index is 10.1. The zero-order valence-corrected chi connectivity index (χ0v) is 10.1. The van der Waals surface area contributed by atoms with Crippen LogP contribution in [0.2, 0.25) is 0 Å². The Morgan fingerprint density at radius 1 is 1.06 bits per heavy atom. The summed E-state index contributed by atoms with van der Waals surface area (Å²) in [5.74, 6) is -1.86. The Bertz CT molecular complexity index is 224. The van der Waals surface area contributed by atoms with Gasteiger partial charge in [-0.15, -0.1) is 0 Å². The Balaban J connectivity index is 0. The predicted octanol–water partition coefficient (Wildman–Crippen LogP) is -0.664. The molecule has 0 aliphatic carbocycles. The molecule has 0 aliphatic rings. The molecule has 0 bridgehead atoms. The SMILES string of the molecule is CCC(N)C(=O)O.NCCCCC(N)C(=O)O. The number of nitrogens with two attached hydrogens (primary N) is 3. The molecule has 2 atom stereocenters. The largest absolute Gasteiger partial charge is 0.480 e. The zero-order chi connectivity index (χ0) is 13.8. The molecule has 0 aromatic rings. The average molecular weight is 249 g/mol. The van der Waals surface area contributed by atoms with E-state index in [9.17, 15) is 9.59 Å². The highest BCUT2D eigenvalue weighted by molar-refractivity contribution is 5.73. The summed E-state index contributed by atoms with van der Waals surface area (Å²) in [6, 6.07) is -1.40. The lowest BCUT2D eigenvalue weighted by Crippen LogP contribution is -2.29. The third-order valence-electron chi connectivity index (χ3n) is 2.04. The molecule has 0 aromatic carbocycles. The van der Waals surface area contributed by atoms with Crippen molar-refractivity contribution >= 4 is 11.9 Å². The summed E-state index contributed by atoms with van der Waals surface area (Å²) in [6.45, 7) is 2.34. The van der Waals surface area contributed by atoms with Crippen LogP contribution < -0.4 is 17.2 Å². The van der Waals surface area contributed by atoms with Gasteiger partial charge in [0.05, 0.1) is 0 Å². The molecule has 0 saturated heterocycles. The van der Waals surface area contributed by atoms with Crippen LogP contribution in [0, 0.1) is 0 Å². The minimum absolute atomic E-state index is 0.495. The maximum absolute atomic E-state index is 10.1. The molecule has 0 saturated carbocycles. The van der Waals surface area contributed by atoms with Crippen molar-refractivity contribution in [3.8, 4) is 0 Å². The van der Waals surface area contributed by atoms with Crippen molar-refractivity contribution in [1.29, 1.82) is 0 Å². The van der Waals surface area contributed by atoms with Crippen LogP contribution in [0.1, 0.15) is 32.6 Å². The van der Waals surface area contributed by atoms with Gasteiger partial charge in [-0.1, -0.05) is 13.3 Å². The third kappa shape index (κ3) is 12.8. The minimum Gasteiger partial charge on any atom is -0.480 e. The second kappa shape index (κ2) is 11.3. The molecule has 2 unspecified atom stereocenters. The Hall–Kier alpha value is -1.18. The smallest absolute Gasteiger partial charge is 0.320 e. The molecule has 17 heavy (non-hydrogen) atoms. The minimum atomic E-state index is -0.933. The van der Waals surface area contributed by atoms with Crippen molar-refractivity contribution in [2.75, 3.05) is 6.54 Å². The van der Waals surface area contributed by atoms with Gasteiger partial charge < -0.3 is 27.4 Å². The Morgan fingerprint density at radius 2 is 1.53 bits per heavy atom. The zero-order valence-electron chi connectivity index (χ0n) is 10.1. The summed E-state index contributed by atoms with van der Waals surface area (Å²) in [5.41, 5.74) is 15.4. The van der Waals surface area contributed by atoms with Gasteiger partial charge in [-0.3, -0.25) is 9.59 Å². The number of carboxylic acid groups (broad SMARTS) is 2. The Morgan fingerprint density at radius 3 is 1.76 bits per heavy atom. The summed E-state index contributed by atoms with van der Waals surface area (Å²) < 4.78 is 0. The lowest BCUT2D eigenvalue weighted by Gasteiger charge is -2.03. The van der Waals surface area contributed by atoms with Gasteiger partial charge in [0.2, 0.25) is 0 Å². The number of hydrogen-bond acceptors (Lipinski definition) is 5. The molecule has 0 heterocycles. The number of unbranched alkanes of at least 4 members (excludes halogenated alkanes) is 1. The Kier molecular flexibility index (Phi) is 12.1. The fourth-order valence-electron chi connectivity index (χ4n) is 0.807. The van der Waals surface area contributed by atoms with Crippen molar-refractivity contribution in [2.45, 2.75) is 44.7 Å². The molecular formula is C10H23N3O4. The summed E-state index contributed by atoms with van der Waals surface area (Å²) in [6.07, 6.45) is 2.66. The predicted molar refractivity (Wildman–Crippen MR) is 64.4 cm³/mol. The van der Waals surface area contributed by atoms with Gasteiger partial charge in [0.25, 0.3) is 0 Å². The van der Waals surface area contributed by atoms with Crippen LogP contribution >= 0.6 is 0 Å². The molecular weight excluding hydrogens is 226 g/mol. The van der Waals surface area contributed by atoms with E-state index in [1.807, 2.05) is 0 Å². The molecule has 0 aliphatic heterocycles. The van der Waals surface area contributed by atoms with Crippen molar-refractivity contribution in [3.05, 3.63) is 0 Å². The topological polar surface area (TPSA) is 153 Å². The van der Waals surface area contributed by atoms with Crippen molar-refractivity contribution in [3.63, 3.8) is 0 Å². The number of carboxylic acids is 2. The van der Waals surface area contributed by atoms with Gasteiger partial charge in [0.15, 0.2) is 0 Å². The van der Waals surface area contributed by atoms with Crippen LogP contribution in [0.4, 0.5) is 0 Å². The van der Waals surface area contributed by atoms with Gasteiger partial charge in [-0.2, -0.15) is 0 Å². The maximum Gasteiger partial charge on any atom is 0.320 e. The molecule has 0 rings (SSSR count). The van der Waals surface area contributed by atoms with E-state index < -0.39 is 24.0 Å². The highest BCUT2D eigenvalue weighted by Crippen LogP contribution is 1.96. The first-order valence-corrected chi connectivity index (χ1v) is 5.53. The van der Waals surface area contributed by atoms with E-state index in [0.717, 1.165) is 12.8 Å². The van der Waals surface area contributed by atoms with Crippen LogP contribution in [-0.2, 0) is 9.59 Å². The summed E-state index contributed by atoms with van der Waals surface area (Å²) in [4.78, 5) is 19.9. The van der Waals surface area contributed by atoms with Crippen LogP contribution in [0.25, 0.3) is 0 Å². The van der Waals surface area contributed by atoms with Crippen molar-refractivity contribution in [1.82, 2.24) is 0 Å². The molecule has 0 amide bonds. The fraction of sp³-hybridized carbons (Fsp3) is 0.800. The normalized spacial score (nSPS) is 13.2. The first-order valence-electron chi connectivity index (χ1n) is 5.53. The van der Waals surface area contributed by atoms with Gasteiger partial charge >= 0.3 is 11.9 Å². The van der Waals surface area contributed by atoms with E-state index in [2.05, 4.69) is 0 Å². The number of aliphatic carboxylic acids is 2. The molecule has 8 N–H and O–H groups in total. The van der Waals surface area contributed by atoms with Crippen LogP contribution in [0.5, 0.6) is 0 Å². The third-order valence-corrected chi connectivity index (χ3v) is 2.04.